The number of aromatic nitrogens is 1. The maximum Gasteiger partial charge on any atom is 0.242 e. The van der Waals surface area contributed by atoms with E-state index >= 15 is 0 Å². The molecule has 1 aromatic rings. The molecule has 1 saturated carbocycles. The van der Waals surface area contributed by atoms with Crippen LogP contribution in [0.25, 0.3) is 0 Å². The summed E-state index contributed by atoms with van der Waals surface area (Å²) >= 11 is 0. The standard InChI is InChI=1S/C9H12N2O2S/c12-14(13,11-8-3-1-4-8)9-5-2-6-10-7-9/h2,5-8,11H,1,3-4H2. The molecule has 1 aliphatic rings. The Labute approximate surface area is 83.4 Å². The van der Waals surface area contributed by atoms with Crippen LogP contribution in [0, 0.1) is 0 Å². The van der Waals surface area contributed by atoms with Gasteiger partial charge in [0.2, 0.25) is 10.0 Å². The molecule has 2 rings (SSSR count). The van der Waals surface area contributed by atoms with Gasteiger partial charge in [0.1, 0.15) is 4.90 Å². The van der Waals surface area contributed by atoms with E-state index in [4.69, 9.17) is 0 Å². The van der Waals surface area contributed by atoms with Gasteiger partial charge in [0.15, 0.2) is 0 Å². The van der Waals surface area contributed by atoms with Crippen molar-refractivity contribution in [3.63, 3.8) is 0 Å². The predicted molar refractivity (Wildman–Crippen MR) is 52.2 cm³/mol. The van der Waals surface area contributed by atoms with Crippen LogP contribution in [0.5, 0.6) is 0 Å². The van der Waals surface area contributed by atoms with Gasteiger partial charge in [-0.25, -0.2) is 13.1 Å². The van der Waals surface area contributed by atoms with Crippen molar-refractivity contribution in [1.82, 2.24) is 9.71 Å². The molecule has 0 bridgehead atoms. The summed E-state index contributed by atoms with van der Waals surface area (Å²) in [6.45, 7) is 0. The van der Waals surface area contributed by atoms with Crippen molar-refractivity contribution in [3.8, 4) is 0 Å². The van der Waals surface area contributed by atoms with Crippen LogP contribution in [0.2, 0.25) is 0 Å². The van der Waals surface area contributed by atoms with Crippen molar-refractivity contribution in [1.29, 1.82) is 0 Å². The summed E-state index contributed by atoms with van der Waals surface area (Å²) in [5.74, 6) is 0. The number of hydrogen-bond acceptors (Lipinski definition) is 3. The molecule has 0 aliphatic heterocycles. The van der Waals surface area contributed by atoms with E-state index in [-0.39, 0.29) is 10.9 Å². The molecule has 0 atom stereocenters. The summed E-state index contributed by atoms with van der Waals surface area (Å²) in [5.41, 5.74) is 0. The molecular formula is C9H12N2O2S. The summed E-state index contributed by atoms with van der Waals surface area (Å²) in [6.07, 6.45) is 5.92. The Morgan fingerprint density at radius 3 is 2.71 bits per heavy atom. The fraction of sp³-hybridized carbons (Fsp3) is 0.444. The summed E-state index contributed by atoms with van der Waals surface area (Å²) in [5, 5.41) is 0. The lowest BCUT2D eigenvalue weighted by atomic mass is 9.94. The fourth-order valence-corrected chi connectivity index (χ4v) is 2.59. The van der Waals surface area contributed by atoms with Gasteiger partial charge in [0.25, 0.3) is 0 Å². The van der Waals surface area contributed by atoms with E-state index in [1.54, 1.807) is 18.3 Å². The van der Waals surface area contributed by atoms with Gasteiger partial charge in [-0.15, -0.1) is 0 Å². The fourth-order valence-electron chi connectivity index (χ4n) is 1.32. The topological polar surface area (TPSA) is 59.1 Å². The molecule has 0 saturated heterocycles. The van der Waals surface area contributed by atoms with Crippen molar-refractivity contribution in [2.24, 2.45) is 0 Å². The van der Waals surface area contributed by atoms with Crippen molar-refractivity contribution >= 4 is 10.0 Å². The first-order valence-electron chi connectivity index (χ1n) is 4.61. The maximum atomic E-state index is 11.7. The summed E-state index contributed by atoms with van der Waals surface area (Å²) in [4.78, 5) is 4.03. The van der Waals surface area contributed by atoms with E-state index < -0.39 is 10.0 Å². The van der Waals surface area contributed by atoms with Gasteiger partial charge >= 0.3 is 0 Å². The quantitative estimate of drug-likeness (QED) is 0.810. The number of pyridine rings is 1. The minimum atomic E-state index is -3.33. The Kier molecular flexibility index (Phi) is 2.52. The van der Waals surface area contributed by atoms with Crippen LogP contribution in [0.1, 0.15) is 19.3 Å². The Morgan fingerprint density at radius 1 is 1.43 bits per heavy atom. The van der Waals surface area contributed by atoms with Gasteiger partial charge in [-0.2, -0.15) is 0 Å². The van der Waals surface area contributed by atoms with E-state index in [2.05, 4.69) is 9.71 Å². The number of nitrogens with zero attached hydrogens (tertiary/aromatic N) is 1. The molecular weight excluding hydrogens is 200 g/mol. The summed E-state index contributed by atoms with van der Waals surface area (Å²) in [6, 6.07) is 3.30. The monoisotopic (exact) mass is 212 g/mol. The smallest absolute Gasteiger partial charge is 0.242 e. The van der Waals surface area contributed by atoms with Gasteiger partial charge in [-0.1, -0.05) is 6.42 Å². The molecule has 0 unspecified atom stereocenters. The molecule has 14 heavy (non-hydrogen) atoms. The molecule has 0 aromatic carbocycles. The van der Waals surface area contributed by atoms with E-state index in [0.717, 1.165) is 19.3 Å². The summed E-state index contributed by atoms with van der Waals surface area (Å²) in [7, 11) is -3.33. The molecule has 4 nitrogen and oxygen atoms in total. The largest absolute Gasteiger partial charge is 0.263 e. The normalized spacial score (nSPS) is 17.7. The van der Waals surface area contributed by atoms with Gasteiger partial charge in [0, 0.05) is 18.4 Å². The highest BCUT2D eigenvalue weighted by Crippen LogP contribution is 2.20. The van der Waals surface area contributed by atoms with E-state index in [0.29, 0.717) is 0 Å². The summed E-state index contributed by atoms with van der Waals surface area (Å²) < 4.78 is 26.0. The van der Waals surface area contributed by atoms with Crippen LogP contribution in [0.3, 0.4) is 0 Å². The Bertz CT molecular complexity index is 398. The lowest BCUT2D eigenvalue weighted by Crippen LogP contribution is -2.39. The van der Waals surface area contributed by atoms with Gasteiger partial charge in [-0.3, -0.25) is 4.98 Å². The molecule has 1 aromatic heterocycles. The van der Waals surface area contributed by atoms with Gasteiger partial charge in [-0.05, 0) is 25.0 Å². The van der Waals surface area contributed by atoms with E-state index in [1.165, 1.54) is 6.20 Å². The van der Waals surface area contributed by atoms with Crippen LogP contribution in [0.4, 0.5) is 0 Å². The maximum absolute atomic E-state index is 11.7. The SMILES string of the molecule is O=S(=O)(NC1CCC1)c1cccnc1. The minimum Gasteiger partial charge on any atom is -0.263 e. The zero-order chi connectivity index (χ0) is 10.0. The van der Waals surface area contributed by atoms with Crippen molar-refractivity contribution in [2.75, 3.05) is 0 Å². The third-order valence-electron chi connectivity index (χ3n) is 2.37. The molecule has 1 aliphatic carbocycles. The highest BCUT2D eigenvalue weighted by molar-refractivity contribution is 7.89. The Hall–Kier alpha value is -0.940. The lowest BCUT2D eigenvalue weighted by Gasteiger charge is -2.25. The Balaban J connectivity index is 2.15. The molecule has 5 heteroatoms. The Morgan fingerprint density at radius 2 is 2.21 bits per heavy atom. The second-order valence-corrected chi connectivity index (χ2v) is 5.15. The lowest BCUT2D eigenvalue weighted by molar-refractivity contribution is 0.383. The first-order valence-corrected chi connectivity index (χ1v) is 6.09. The predicted octanol–water partition coefficient (Wildman–Crippen LogP) is 0.912. The van der Waals surface area contributed by atoms with Crippen LogP contribution < -0.4 is 4.72 Å². The average molecular weight is 212 g/mol. The first-order chi connectivity index (χ1) is 6.68. The highest BCUT2D eigenvalue weighted by atomic mass is 32.2. The minimum absolute atomic E-state index is 0.125. The average Bonchev–Trinajstić information content (AvgIpc) is 2.13. The third kappa shape index (κ3) is 1.93. The van der Waals surface area contributed by atoms with Crippen LogP contribution in [-0.4, -0.2) is 19.4 Å². The number of sulfonamides is 1. The van der Waals surface area contributed by atoms with E-state index in [1.807, 2.05) is 0 Å². The van der Waals surface area contributed by atoms with E-state index in [9.17, 15) is 8.42 Å². The van der Waals surface area contributed by atoms with Crippen molar-refractivity contribution in [3.05, 3.63) is 24.5 Å². The molecule has 1 fully saturated rings. The van der Waals surface area contributed by atoms with Crippen LogP contribution in [0.15, 0.2) is 29.4 Å². The molecule has 0 amide bonds. The molecule has 1 heterocycles. The third-order valence-corrected chi connectivity index (χ3v) is 3.88. The van der Waals surface area contributed by atoms with Crippen molar-refractivity contribution < 1.29 is 8.42 Å². The number of rotatable bonds is 3. The second-order valence-electron chi connectivity index (χ2n) is 3.44. The van der Waals surface area contributed by atoms with Gasteiger partial charge < -0.3 is 0 Å². The molecule has 76 valence electrons. The van der Waals surface area contributed by atoms with Crippen LogP contribution >= 0.6 is 0 Å². The van der Waals surface area contributed by atoms with Gasteiger partial charge in [0.05, 0.1) is 0 Å². The zero-order valence-electron chi connectivity index (χ0n) is 7.68. The molecule has 0 radical (unpaired) electrons. The highest BCUT2D eigenvalue weighted by Gasteiger charge is 2.24. The number of nitrogens with one attached hydrogen (secondary N) is 1. The van der Waals surface area contributed by atoms with Crippen LogP contribution in [-0.2, 0) is 10.0 Å². The second kappa shape index (κ2) is 3.67. The van der Waals surface area contributed by atoms with Crippen molar-refractivity contribution in [2.45, 2.75) is 30.2 Å². The number of hydrogen-bond donors (Lipinski definition) is 1. The zero-order valence-corrected chi connectivity index (χ0v) is 8.50. The first kappa shape index (κ1) is 9.61. The molecule has 1 N–H and O–H groups in total. The molecule has 0 spiro atoms.